The van der Waals surface area contributed by atoms with Crippen molar-refractivity contribution < 1.29 is 4.79 Å². The molecule has 0 fully saturated rings. The summed E-state index contributed by atoms with van der Waals surface area (Å²) in [6, 6.07) is 3.82. The summed E-state index contributed by atoms with van der Waals surface area (Å²) in [5, 5.41) is 0.983. The van der Waals surface area contributed by atoms with Gasteiger partial charge in [0.2, 0.25) is 0 Å². The molecule has 0 unspecified atom stereocenters. The maximum atomic E-state index is 11.8. The monoisotopic (exact) mass is 229 g/mol. The van der Waals surface area contributed by atoms with Crippen molar-refractivity contribution in [2.75, 3.05) is 14.1 Å². The lowest BCUT2D eigenvalue weighted by Crippen LogP contribution is -2.03. The number of hydrogen-bond acceptors (Lipinski definition) is 3. The Morgan fingerprint density at radius 1 is 1.47 bits per heavy atom. The van der Waals surface area contributed by atoms with Gasteiger partial charge >= 0.3 is 0 Å². The quantitative estimate of drug-likeness (QED) is 0.595. The minimum atomic E-state index is -0.0306. The minimum Gasteiger partial charge on any atom is -0.383 e. The van der Waals surface area contributed by atoms with Crippen molar-refractivity contribution in [3.8, 4) is 0 Å². The van der Waals surface area contributed by atoms with Crippen LogP contribution in [0.5, 0.6) is 0 Å². The summed E-state index contributed by atoms with van der Waals surface area (Å²) in [6.45, 7) is 0. The van der Waals surface area contributed by atoms with E-state index >= 15 is 0 Å². The van der Waals surface area contributed by atoms with Crippen molar-refractivity contribution in [3.63, 3.8) is 0 Å². The molecule has 0 N–H and O–H groups in total. The van der Waals surface area contributed by atoms with Gasteiger partial charge in [-0.1, -0.05) is 0 Å². The van der Waals surface area contributed by atoms with Crippen LogP contribution in [0, 0.1) is 0 Å². The molecule has 2 rings (SSSR count). The SMILES string of the molecule is CN(C)/C=C/C(=O)c1cnc2c(ccn2C)c1. The Balaban J connectivity index is 2.33. The normalized spacial score (nSPS) is 11.2. The summed E-state index contributed by atoms with van der Waals surface area (Å²) in [6.07, 6.45) is 6.83. The summed E-state index contributed by atoms with van der Waals surface area (Å²) in [4.78, 5) is 17.9. The van der Waals surface area contributed by atoms with Gasteiger partial charge in [-0.05, 0) is 12.1 Å². The zero-order valence-corrected chi connectivity index (χ0v) is 10.2. The fraction of sp³-hybridized carbons (Fsp3) is 0.231. The summed E-state index contributed by atoms with van der Waals surface area (Å²) in [5.74, 6) is -0.0306. The molecule has 0 aromatic carbocycles. The highest BCUT2D eigenvalue weighted by Gasteiger charge is 2.05. The van der Waals surface area contributed by atoms with Gasteiger partial charge in [0.25, 0.3) is 0 Å². The predicted octanol–water partition coefficient (Wildman–Crippen LogP) is 1.83. The summed E-state index contributed by atoms with van der Waals surface area (Å²) >= 11 is 0. The van der Waals surface area contributed by atoms with Crippen LogP contribution in [0.25, 0.3) is 11.0 Å². The fourth-order valence-corrected chi connectivity index (χ4v) is 1.60. The van der Waals surface area contributed by atoms with Gasteiger partial charge in [0.05, 0.1) is 0 Å². The summed E-state index contributed by atoms with van der Waals surface area (Å²) in [5.41, 5.74) is 1.50. The number of aromatic nitrogens is 2. The largest absolute Gasteiger partial charge is 0.383 e. The lowest BCUT2D eigenvalue weighted by molar-refractivity contribution is 0.104. The van der Waals surface area contributed by atoms with E-state index in [1.165, 1.54) is 0 Å². The Morgan fingerprint density at radius 2 is 2.24 bits per heavy atom. The first-order chi connectivity index (χ1) is 8.08. The van der Waals surface area contributed by atoms with Crippen LogP contribution in [0.4, 0.5) is 0 Å². The van der Waals surface area contributed by atoms with Gasteiger partial charge in [-0.3, -0.25) is 4.79 Å². The van der Waals surface area contributed by atoms with E-state index in [9.17, 15) is 4.79 Å². The maximum absolute atomic E-state index is 11.8. The highest BCUT2D eigenvalue weighted by atomic mass is 16.1. The second-order valence-corrected chi connectivity index (χ2v) is 4.21. The Labute approximate surface area is 100 Å². The average molecular weight is 229 g/mol. The van der Waals surface area contributed by atoms with Crippen molar-refractivity contribution >= 4 is 16.8 Å². The molecule has 0 spiro atoms. The van der Waals surface area contributed by atoms with Gasteiger partial charge in [-0.25, -0.2) is 4.98 Å². The number of allylic oxidation sites excluding steroid dienone is 1. The third-order valence-corrected chi connectivity index (χ3v) is 2.52. The maximum Gasteiger partial charge on any atom is 0.188 e. The van der Waals surface area contributed by atoms with E-state index in [0.717, 1.165) is 11.0 Å². The van der Waals surface area contributed by atoms with E-state index < -0.39 is 0 Å². The van der Waals surface area contributed by atoms with Crippen molar-refractivity contribution in [1.82, 2.24) is 14.5 Å². The number of nitrogens with zero attached hydrogens (tertiary/aromatic N) is 3. The van der Waals surface area contributed by atoms with Crippen molar-refractivity contribution in [2.24, 2.45) is 7.05 Å². The molecule has 0 saturated carbocycles. The van der Waals surface area contributed by atoms with E-state index in [0.29, 0.717) is 5.56 Å². The number of pyridine rings is 1. The lowest BCUT2D eigenvalue weighted by atomic mass is 10.1. The molecule has 0 bridgehead atoms. The van der Waals surface area contributed by atoms with Crippen molar-refractivity contribution in [3.05, 3.63) is 42.4 Å². The first-order valence-corrected chi connectivity index (χ1v) is 5.38. The number of carbonyl (C=O) groups is 1. The number of aryl methyl sites for hydroxylation is 1. The van der Waals surface area contributed by atoms with Crippen LogP contribution in [0.1, 0.15) is 10.4 Å². The van der Waals surface area contributed by atoms with Crippen LogP contribution in [0.15, 0.2) is 36.8 Å². The molecule has 2 aromatic rings. The average Bonchev–Trinajstić information content (AvgIpc) is 2.67. The molecule has 4 heteroatoms. The van der Waals surface area contributed by atoms with Gasteiger partial charge in [-0.15, -0.1) is 0 Å². The van der Waals surface area contributed by atoms with E-state index in [4.69, 9.17) is 0 Å². The Hall–Kier alpha value is -2.10. The van der Waals surface area contributed by atoms with E-state index in [2.05, 4.69) is 4.98 Å². The lowest BCUT2D eigenvalue weighted by Gasteiger charge is -2.03. The van der Waals surface area contributed by atoms with Crippen LogP contribution in [-0.4, -0.2) is 34.3 Å². The molecule has 0 atom stereocenters. The van der Waals surface area contributed by atoms with Gasteiger partial charge in [0, 0.05) is 56.8 Å². The van der Waals surface area contributed by atoms with Crippen molar-refractivity contribution in [2.45, 2.75) is 0 Å². The second kappa shape index (κ2) is 4.41. The molecule has 17 heavy (non-hydrogen) atoms. The molecule has 88 valence electrons. The minimum absolute atomic E-state index is 0.0306. The fourth-order valence-electron chi connectivity index (χ4n) is 1.60. The topological polar surface area (TPSA) is 38.1 Å². The van der Waals surface area contributed by atoms with Crippen LogP contribution < -0.4 is 0 Å². The van der Waals surface area contributed by atoms with E-state index in [1.54, 1.807) is 18.5 Å². The molecule has 0 aliphatic rings. The smallest absolute Gasteiger partial charge is 0.188 e. The van der Waals surface area contributed by atoms with Crippen LogP contribution in [0.2, 0.25) is 0 Å². The predicted molar refractivity (Wildman–Crippen MR) is 67.9 cm³/mol. The molecule has 0 radical (unpaired) electrons. The molecular weight excluding hydrogens is 214 g/mol. The molecular formula is C13H15N3O. The highest BCUT2D eigenvalue weighted by Crippen LogP contribution is 2.14. The van der Waals surface area contributed by atoms with E-state index in [-0.39, 0.29) is 5.78 Å². The van der Waals surface area contributed by atoms with Crippen LogP contribution in [0.3, 0.4) is 0 Å². The van der Waals surface area contributed by atoms with Gasteiger partial charge in [0.15, 0.2) is 5.78 Å². The van der Waals surface area contributed by atoms with Crippen LogP contribution in [-0.2, 0) is 7.05 Å². The van der Waals surface area contributed by atoms with Crippen molar-refractivity contribution in [1.29, 1.82) is 0 Å². The number of ketones is 1. The van der Waals surface area contributed by atoms with Crippen LogP contribution >= 0.6 is 0 Å². The standard InChI is InChI=1S/C13H15N3O/c1-15(2)6-5-12(17)11-8-10-4-7-16(3)13(10)14-9-11/h4-9H,1-3H3/b6-5+. The third kappa shape index (κ3) is 2.36. The Morgan fingerprint density at radius 3 is 2.94 bits per heavy atom. The zero-order valence-electron chi connectivity index (χ0n) is 10.2. The third-order valence-electron chi connectivity index (χ3n) is 2.52. The molecule has 2 heterocycles. The number of fused-ring (bicyclic) bond motifs is 1. The number of hydrogen-bond donors (Lipinski definition) is 0. The Kier molecular flexibility index (Phi) is 2.95. The number of carbonyl (C=O) groups excluding carboxylic acids is 1. The second-order valence-electron chi connectivity index (χ2n) is 4.21. The highest BCUT2D eigenvalue weighted by molar-refractivity contribution is 6.05. The van der Waals surface area contributed by atoms with E-state index in [1.807, 2.05) is 48.9 Å². The molecule has 0 aliphatic heterocycles. The Bertz CT molecular complexity index is 581. The summed E-state index contributed by atoms with van der Waals surface area (Å²) in [7, 11) is 5.69. The molecule has 0 saturated heterocycles. The molecule has 0 aliphatic carbocycles. The number of rotatable bonds is 3. The molecule has 4 nitrogen and oxygen atoms in total. The first-order valence-electron chi connectivity index (χ1n) is 5.38. The van der Waals surface area contributed by atoms with Gasteiger partial charge in [0.1, 0.15) is 5.65 Å². The van der Waals surface area contributed by atoms with Gasteiger partial charge in [-0.2, -0.15) is 0 Å². The summed E-state index contributed by atoms with van der Waals surface area (Å²) < 4.78 is 1.93. The molecule has 2 aromatic heterocycles. The zero-order chi connectivity index (χ0) is 12.4. The van der Waals surface area contributed by atoms with Gasteiger partial charge < -0.3 is 9.47 Å². The molecule has 0 amide bonds. The first kappa shape index (κ1) is 11.4.